The van der Waals surface area contributed by atoms with E-state index in [4.69, 9.17) is 11.6 Å². The summed E-state index contributed by atoms with van der Waals surface area (Å²) >= 11 is 5.42. The summed E-state index contributed by atoms with van der Waals surface area (Å²) in [5.74, 6) is 0. The number of hydrogen-bond donors (Lipinski definition) is 0. The molecule has 0 amide bonds. The molecule has 0 N–H and O–H groups in total. The highest BCUT2D eigenvalue weighted by atomic mass is 35.5. The summed E-state index contributed by atoms with van der Waals surface area (Å²) in [5.41, 5.74) is 0. The topological polar surface area (TPSA) is 0 Å². The molecule has 0 radical (unpaired) electrons. The van der Waals surface area contributed by atoms with Crippen LogP contribution in [-0.2, 0) is 0 Å². The molecule has 7 heteroatoms. The van der Waals surface area contributed by atoms with Crippen molar-refractivity contribution in [3.8, 4) is 0 Å². The molecule has 2 atom stereocenters. The zero-order chi connectivity index (χ0) is 12.4. The minimum Gasteiger partial charge on any atom is -0.121 e. The molecule has 96 valence electrons. The molecule has 0 aliphatic rings. The van der Waals surface area contributed by atoms with Crippen LogP contribution in [0.5, 0.6) is 0 Å². The monoisotopic (exact) mass is 274 g/mol. The van der Waals surface area contributed by atoms with Gasteiger partial charge in [0.1, 0.15) is 5.25 Å². The van der Waals surface area contributed by atoms with Crippen molar-refractivity contribution in [2.24, 2.45) is 0 Å². The molecule has 0 heterocycles. The number of hydrogen-bond acceptors (Lipinski definition) is 0. The first kappa shape index (κ1) is 15.3. The van der Waals surface area contributed by atoms with Crippen LogP contribution in [0.15, 0.2) is 0 Å². The zero-order valence-electron chi connectivity index (χ0n) is 8.66. The van der Waals surface area contributed by atoms with Gasteiger partial charge in [0, 0.05) is 0 Å². The van der Waals surface area contributed by atoms with Crippen LogP contribution in [0.4, 0.5) is 19.4 Å². The van der Waals surface area contributed by atoms with Crippen molar-refractivity contribution in [1.82, 2.24) is 0 Å². The van der Waals surface area contributed by atoms with E-state index in [2.05, 4.69) is 0 Å². The minimum atomic E-state index is -9.44. The van der Waals surface area contributed by atoms with Gasteiger partial charge in [-0.15, -0.1) is 11.6 Å². The zero-order valence-corrected chi connectivity index (χ0v) is 10.2. The van der Waals surface area contributed by atoms with E-state index in [1.165, 1.54) is 6.92 Å². The first-order valence-corrected chi connectivity index (χ1v) is 7.24. The Morgan fingerprint density at radius 1 is 0.933 bits per heavy atom. The Bertz CT molecular complexity index is 210. The van der Waals surface area contributed by atoms with Crippen molar-refractivity contribution >= 4 is 21.8 Å². The molecular weight excluding hydrogens is 259 g/mol. The predicted octanol–water partition coefficient (Wildman–Crippen LogP) is 5.86. The summed E-state index contributed by atoms with van der Waals surface area (Å²) in [6, 6.07) is 0. The van der Waals surface area contributed by atoms with Gasteiger partial charge in [-0.1, -0.05) is 46.1 Å². The Balaban J connectivity index is 4.99. The Morgan fingerprint density at radius 2 is 1.33 bits per heavy atom. The summed E-state index contributed by atoms with van der Waals surface area (Å²) in [6.07, 6.45) is -0.241. The molecule has 0 bridgehead atoms. The van der Waals surface area contributed by atoms with Crippen LogP contribution in [-0.4, -0.2) is 10.6 Å². The lowest BCUT2D eigenvalue weighted by atomic mass is 10.1. The smallest absolute Gasteiger partial charge is 0.121 e. The highest BCUT2D eigenvalue weighted by molar-refractivity contribution is 8.46. The Hall–Kier alpha value is 0.290. The van der Waals surface area contributed by atoms with Crippen molar-refractivity contribution in [3.05, 3.63) is 0 Å². The Kier molecular flexibility index (Phi) is 4.02. The molecule has 15 heavy (non-hydrogen) atoms. The van der Waals surface area contributed by atoms with Gasteiger partial charge in [-0.2, -0.15) is 0 Å². The van der Waals surface area contributed by atoms with Gasteiger partial charge in [0.15, 0.2) is 0 Å². The lowest BCUT2D eigenvalue weighted by Crippen LogP contribution is -2.33. The van der Waals surface area contributed by atoms with Gasteiger partial charge in [-0.05, 0) is 12.8 Å². The van der Waals surface area contributed by atoms with E-state index >= 15 is 0 Å². The summed E-state index contributed by atoms with van der Waals surface area (Å²) in [5, 5.41) is -4.18. The third kappa shape index (κ3) is 5.24. The highest BCUT2D eigenvalue weighted by Gasteiger charge is 2.70. The molecule has 0 aliphatic carbocycles. The molecule has 0 spiro atoms. The van der Waals surface area contributed by atoms with Crippen LogP contribution in [0.3, 0.4) is 0 Å². The number of halogens is 6. The Morgan fingerprint density at radius 3 is 1.60 bits per heavy atom. The third-order valence-electron chi connectivity index (χ3n) is 2.11. The number of rotatable bonds is 6. The molecule has 0 nitrogen and oxygen atoms in total. The lowest BCUT2D eigenvalue weighted by Gasteiger charge is -2.48. The normalized spacial score (nSPS) is 21.6. The predicted molar refractivity (Wildman–Crippen MR) is 56.4 cm³/mol. The fourth-order valence-electron chi connectivity index (χ4n) is 1.43. The van der Waals surface area contributed by atoms with Crippen LogP contribution in [0.2, 0.25) is 0 Å². The van der Waals surface area contributed by atoms with E-state index in [0.29, 0.717) is 6.42 Å². The van der Waals surface area contributed by atoms with Gasteiger partial charge in [-0.25, -0.2) is 0 Å². The first-order valence-electron chi connectivity index (χ1n) is 4.79. The van der Waals surface area contributed by atoms with Crippen molar-refractivity contribution in [2.45, 2.75) is 50.2 Å². The molecule has 0 saturated carbocycles. The summed E-state index contributed by atoms with van der Waals surface area (Å²) < 4.78 is 62.8. The molecule has 0 aliphatic heterocycles. The van der Waals surface area contributed by atoms with E-state index < -0.39 is 27.3 Å². The first-order chi connectivity index (χ1) is 6.42. The maximum absolute atomic E-state index is 12.6. The maximum Gasteiger partial charge on any atom is 0.289 e. The molecule has 0 rings (SSSR count). The van der Waals surface area contributed by atoms with E-state index in [9.17, 15) is 19.4 Å². The molecule has 0 aromatic heterocycles. The van der Waals surface area contributed by atoms with Crippen LogP contribution < -0.4 is 0 Å². The van der Waals surface area contributed by atoms with Gasteiger partial charge in [0.2, 0.25) is 0 Å². The minimum absolute atomic E-state index is 0.0438. The second-order valence-corrected chi connectivity index (χ2v) is 6.88. The SMILES string of the molecule is CCCC(Cl)C(CCC)S(F)(F)(F)(F)F. The summed E-state index contributed by atoms with van der Waals surface area (Å²) in [7, 11) is -9.44. The van der Waals surface area contributed by atoms with Gasteiger partial charge in [0.25, 0.3) is 10.2 Å². The molecule has 0 aromatic rings. The largest absolute Gasteiger partial charge is 0.289 e. The maximum atomic E-state index is 12.6. The molecule has 0 saturated heterocycles. The lowest BCUT2D eigenvalue weighted by molar-refractivity contribution is 0.330. The molecule has 0 fully saturated rings. The van der Waals surface area contributed by atoms with E-state index in [0.717, 1.165) is 0 Å². The Labute approximate surface area is 91.9 Å². The van der Waals surface area contributed by atoms with Crippen LogP contribution in [0, 0.1) is 0 Å². The van der Waals surface area contributed by atoms with Crippen LogP contribution in [0.1, 0.15) is 39.5 Å². The van der Waals surface area contributed by atoms with E-state index in [1.807, 2.05) is 0 Å². The van der Waals surface area contributed by atoms with Crippen molar-refractivity contribution in [2.75, 3.05) is 0 Å². The quantitative estimate of drug-likeness (QED) is 0.420. The van der Waals surface area contributed by atoms with Gasteiger partial charge < -0.3 is 0 Å². The molecule has 2 unspecified atom stereocenters. The van der Waals surface area contributed by atoms with Gasteiger partial charge in [0.05, 0.1) is 5.38 Å². The highest BCUT2D eigenvalue weighted by Crippen LogP contribution is 3.01. The fourth-order valence-corrected chi connectivity index (χ4v) is 3.73. The molecular formula is C8H16ClF5S. The van der Waals surface area contributed by atoms with Crippen LogP contribution >= 0.6 is 21.8 Å². The standard InChI is InChI=1S/C8H16ClF5S/c1-3-5-7(9)8(6-4-2)15(10,11,12,13)14/h7-8H,3-6H2,1-2H3. The van der Waals surface area contributed by atoms with E-state index in [1.54, 1.807) is 6.92 Å². The van der Waals surface area contributed by atoms with Crippen LogP contribution in [0.25, 0.3) is 0 Å². The summed E-state index contributed by atoms with van der Waals surface area (Å²) in [4.78, 5) is 0. The average Bonchev–Trinajstić information content (AvgIpc) is 1.95. The number of alkyl halides is 1. The van der Waals surface area contributed by atoms with Gasteiger partial charge >= 0.3 is 0 Å². The van der Waals surface area contributed by atoms with Crippen molar-refractivity contribution in [3.63, 3.8) is 0 Å². The van der Waals surface area contributed by atoms with Crippen molar-refractivity contribution in [1.29, 1.82) is 0 Å². The second kappa shape index (κ2) is 3.95. The summed E-state index contributed by atoms with van der Waals surface area (Å²) in [6.45, 7) is 3.05. The average molecular weight is 275 g/mol. The van der Waals surface area contributed by atoms with Crippen molar-refractivity contribution < 1.29 is 19.4 Å². The fraction of sp³-hybridized carbons (Fsp3) is 1.00. The second-order valence-electron chi connectivity index (χ2n) is 3.66. The molecule has 0 aromatic carbocycles. The van der Waals surface area contributed by atoms with Gasteiger partial charge in [-0.3, -0.25) is 0 Å². The third-order valence-corrected chi connectivity index (χ3v) is 4.49. The van der Waals surface area contributed by atoms with E-state index in [-0.39, 0.29) is 12.8 Å².